The number of ether oxygens (including phenoxy) is 3. The van der Waals surface area contributed by atoms with Gasteiger partial charge in [0, 0.05) is 5.92 Å². The lowest BCUT2D eigenvalue weighted by molar-refractivity contribution is -0.324. The van der Waals surface area contributed by atoms with Crippen LogP contribution in [0.5, 0.6) is 0 Å². The molecule has 0 aromatic rings. The van der Waals surface area contributed by atoms with Gasteiger partial charge in [-0.2, -0.15) is 0 Å². The Balaban J connectivity index is 1.72. The van der Waals surface area contributed by atoms with Crippen LogP contribution < -0.4 is 0 Å². The third-order valence-corrected chi connectivity index (χ3v) is 7.61. The average Bonchev–Trinajstić information content (AvgIpc) is 3.13. The summed E-state index contributed by atoms with van der Waals surface area (Å²) >= 11 is 0. The van der Waals surface area contributed by atoms with Gasteiger partial charge in [-0.3, -0.25) is 9.59 Å². The third-order valence-electron chi connectivity index (χ3n) is 7.61. The van der Waals surface area contributed by atoms with Crippen molar-refractivity contribution in [2.24, 2.45) is 29.1 Å². The first kappa shape index (κ1) is 21.9. The molecular weight excluding hydrogens is 396 g/mol. The van der Waals surface area contributed by atoms with Gasteiger partial charge in [0.25, 0.3) is 0 Å². The molecule has 2 saturated heterocycles. The second-order valence-corrected chi connectivity index (χ2v) is 9.34. The van der Waals surface area contributed by atoms with Crippen molar-refractivity contribution in [3.63, 3.8) is 0 Å². The van der Waals surface area contributed by atoms with Gasteiger partial charge in [-0.05, 0) is 31.3 Å². The first-order valence-corrected chi connectivity index (χ1v) is 10.5. The van der Waals surface area contributed by atoms with Crippen molar-refractivity contribution in [3.8, 4) is 0 Å². The van der Waals surface area contributed by atoms with Gasteiger partial charge in [0.15, 0.2) is 12.1 Å². The number of esters is 1. The zero-order valence-electron chi connectivity index (χ0n) is 17.2. The molecule has 30 heavy (non-hydrogen) atoms. The summed E-state index contributed by atoms with van der Waals surface area (Å²) in [5, 5.41) is 40.2. The Kier molecular flexibility index (Phi) is 5.57. The minimum atomic E-state index is -1.60. The monoisotopic (exact) mass is 426 g/mol. The lowest BCUT2D eigenvalue weighted by Crippen LogP contribution is -2.61. The Bertz CT molecular complexity index is 736. The van der Waals surface area contributed by atoms with Crippen molar-refractivity contribution in [1.82, 2.24) is 0 Å². The van der Waals surface area contributed by atoms with Crippen LogP contribution in [-0.2, 0) is 23.8 Å². The maximum atomic E-state index is 13.1. The van der Waals surface area contributed by atoms with Crippen LogP contribution in [0, 0.1) is 29.1 Å². The first-order valence-electron chi connectivity index (χ1n) is 10.5. The molecule has 12 atom stereocenters. The van der Waals surface area contributed by atoms with Gasteiger partial charge < -0.3 is 34.6 Å². The normalized spacial score (nSPS) is 53.2. The first-order chi connectivity index (χ1) is 14.1. The number of carbonyl (C=O) groups is 2. The zero-order chi connectivity index (χ0) is 22.0. The maximum Gasteiger partial charge on any atom is 0.309 e. The molecule has 0 spiro atoms. The SMILES string of the molecule is C[C@@H]1C[C@H]2OC(=O)[C@H](C)[C@H]2[C@@H](O[C@@H]2O[C@H](CO)[C@@H](O)[C@H](O)[C@H]2O)[C@]2(C)C(=O)C=C[C@@H]12. The third kappa shape index (κ3) is 3.06. The van der Waals surface area contributed by atoms with E-state index < -0.39 is 66.8 Å². The van der Waals surface area contributed by atoms with Crippen LogP contribution in [0.25, 0.3) is 0 Å². The summed E-state index contributed by atoms with van der Waals surface area (Å²) in [5.41, 5.74) is -1.01. The molecule has 2 aliphatic heterocycles. The molecule has 0 bridgehead atoms. The number of aliphatic hydroxyl groups is 4. The summed E-state index contributed by atoms with van der Waals surface area (Å²) in [6.45, 7) is 4.95. The van der Waals surface area contributed by atoms with E-state index in [9.17, 15) is 30.0 Å². The van der Waals surface area contributed by atoms with Crippen molar-refractivity contribution in [2.75, 3.05) is 6.61 Å². The van der Waals surface area contributed by atoms with E-state index in [4.69, 9.17) is 14.2 Å². The molecule has 3 fully saturated rings. The molecule has 4 aliphatic rings. The summed E-state index contributed by atoms with van der Waals surface area (Å²) in [4.78, 5) is 25.4. The van der Waals surface area contributed by atoms with E-state index in [0.717, 1.165) is 0 Å². The lowest BCUT2D eigenvalue weighted by atomic mass is 9.66. The van der Waals surface area contributed by atoms with E-state index >= 15 is 0 Å². The van der Waals surface area contributed by atoms with Crippen molar-refractivity contribution in [3.05, 3.63) is 12.2 Å². The van der Waals surface area contributed by atoms with E-state index in [2.05, 4.69) is 0 Å². The van der Waals surface area contributed by atoms with Crippen LogP contribution in [0.15, 0.2) is 12.2 Å². The molecule has 2 heterocycles. The molecule has 168 valence electrons. The topological polar surface area (TPSA) is 143 Å². The molecule has 2 aliphatic carbocycles. The second-order valence-electron chi connectivity index (χ2n) is 9.34. The van der Waals surface area contributed by atoms with Gasteiger partial charge in [0.2, 0.25) is 0 Å². The number of allylic oxidation sites excluding steroid dienone is 2. The van der Waals surface area contributed by atoms with Gasteiger partial charge >= 0.3 is 5.97 Å². The van der Waals surface area contributed by atoms with E-state index in [1.165, 1.54) is 6.08 Å². The molecule has 0 radical (unpaired) electrons. The number of hydrogen-bond acceptors (Lipinski definition) is 9. The summed E-state index contributed by atoms with van der Waals surface area (Å²) in [7, 11) is 0. The molecule has 9 heteroatoms. The number of ketones is 1. The fourth-order valence-electron chi connectivity index (χ4n) is 5.79. The number of hydrogen-bond donors (Lipinski definition) is 4. The van der Waals surface area contributed by atoms with Crippen LogP contribution in [0.4, 0.5) is 0 Å². The number of carbonyl (C=O) groups excluding carboxylic acids is 2. The van der Waals surface area contributed by atoms with E-state index in [1.54, 1.807) is 13.8 Å². The highest BCUT2D eigenvalue weighted by molar-refractivity contribution is 5.98. The van der Waals surface area contributed by atoms with Crippen LogP contribution in [0.3, 0.4) is 0 Å². The van der Waals surface area contributed by atoms with Gasteiger partial charge in [-0.15, -0.1) is 0 Å². The van der Waals surface area contributed by atoms with Gasteiger partial charge in [0.05, 0.1) is 24.0 Å². The number of fused-ring (bicyclic) bond motifs is 2. The van der Waals surface area contributed by atoms with Crippen molar-refractivity contribution in [2.45, 2.75) is 70.1 Å². The molecule has 9 nitrogen and oxygen atoms in total. The largest absolute Gasteiger partial charge is 0.462 e. The zero-order valence-corrected chi connectivity index (χ0v) is 17.2. The molecule has 4 rings (SSSR count). The minimum absolute atomic E-state index is 0.0479. The van der Waals surface area contributed by atoms with Crippen LogP contribution >= 0.6 is 0 Å². The minimum Gasteiger partial charge on any atom is -0.462 e. The fraction of sp³-hybridized carbons (Fsp3) is 0.810. The highest BCUT2D eigenvalue weighted by Crippen LogP contribution is 2.55. The van der Waals surface area contributed by atoms with Crippen molar-refractivity contribution >= 4 is 11.8 Å². The molecule has 4 N–H and O–H groups in total. The van der Waals surface area contributed by atoms with E-state index in [-0.39, 0.29) is 23.6 Å². The summed E-state index contributed by atoms with van der Waals surface area (Å²) in [6.07, 6.45) is -4.54. The highest BCUT2D eigenvalue weighted by atomic mass is 16.7. The Morgan fingerprint density at radius 2 is 1.87 bits per heavy atom. The summed E-state index contributed by atoms with van der Waals surface area (Å²) < 4.78 is 17.4. The molecule has 0 unspecified atom stereocenters. The van der Waals surface area contributed by atoms with Crippen molar-refractivity contribution < 1.29 is 44.2 Å². The van der Waals surface area contributed by atoms with E-state index in [1.807, 2.05) is 13.0 Å². The smallest absolute Gasteiger partial charge is 0.309 e. The summed E-state index contributed by atoms with van der Waals surface area (Å²) in [5.74, 6) is -1.59. The highest BCUT2D eigenvalue weighted by Gasteiger charge is 2.63. The standard InChI is InChI=1S/C21H30O9/c1-8-6-11-14(9(2)19(27)28-11)18(21(3)10(8)4-5-13(21)23)30-20-17(26)16(25)15(24)12(7-22)29-20/h4-5,8-12,14-18,20,22,24-26H,6-7H2,1-3H3/t8-,9-,10+,11-,12-,14-,15-,16+,17-,18-,20+,21+/m1/s1. The number of aliphatic hydroxyl groups excluding tert-OH is 4. The van der Waals surface area contributed by atoms with E-state index in [0.29, 0.717) is 6.42 Å². The van der Waals surface area contributed by atoms with Crippen LogP contribution in [-0.4, -0.2) is 81.7 Å². The van der Waals surface area contributed by atoms with Crippen LogP contribution in [0.1, 0.15) is 27.2 Å². The Labute approximate surface area is 174 Å². The molecule has 0 aromatic heterocycles. The van der Waals surface area contributed by atoms with Gasteiger partial charge in [0.1, 0.15) is 30.5 Å². The van der Waals surface area contributed by atoms with Gasteiger partial charge in [-0.1, -0.05) is 19.9 Å². The van der Waals surface area contributed by atoms with Crippen LogP contribution in [0.2, 0.25) is 0 Å². The Morgan fingerprint density at radius 3 is 2.53 bits per heavy atom. The van der Waals surface area contributed by atoms with Crippen molar-refractivity contribution in [1.29, 1.82) is 0 Å². The number of rotatable bonds is 3. The predicted octanol–water partition coefficient (Wildman–Crippen LogP) is -0.850. The quantitative estimate of drug-likeness (QED) is 0.424. The predicted molar refractivity (Wildman–Crippen MR) is 101 cm³/mol. The molecular formula is C21H30O9. The Hall–Kier alpha value is -1.36. The summed E-state index contributed by atoms with van der Waals surface area (Å²) in [6, 6.07) is 0. The maximum absolute atomic E-state index is 13.1. The van der Waals surface area contributed by atoms with Gasteiger partial charge in [-0.25, -0.2) is 0 Å². The molecule has 0 amide bonds. The second kappa shape index (κ2) is 7.65. The molecule has 0 aromatic carbocycles. The Morgan fingerprint density at radius 1 is 1.17 bits per heavy atom. The lowest BCUT2D eigenvalue weighted by Gasteiger charge is -2.46. The molecule has 1 saturated carbocycles. The fourth-order valence-corrected chi connectivity index (χ4v) is 5.79. The average molecular weight is 426 g/mol.